The molecular formula is C53H90N2Ni. The Morgan fingerprint density at radius 2 is 0.536 bits per heavy atom. The number of hydrogen-bond donors (Lipinski definition) is 0. The molecule has 0 spiro atoms. The quantitative estimate of drug-likeness (QED) is 0.0372. The summed E-state index contributed by atoms with van der Waals surface area (Å²) in [6.45, 7) is 13.9. The predicted octanol–water partition coefficient (Wildman–Crippen LogP) is 18.1. The van der Waals surface area contributed by atoms with Crippen molar-refractivity contribution in [3.8, 4) is 0 Å². The summed E-state index contributed by atoms with van der Waals surface area (Å²) in [4.78, 5) is 11.3. The van der Waals surface area contributed by atoms with Crippen LogP contribution in [0.25, 0.3) is 0 Å². The van der Waals surface area contributed by atoms with Gasteiger partial charge in [0.05, 0.1) is 22.8 Å². The van der Waals surface area contributed by atoms with E-state index in [1.165, 1.54) is 218 Å². The molecule has 2 aromatic carbocycles. The number of hydrogen-bond acceptors (Lipinski definition) is 2. The third-order valence-electron chi connectivity index (χ3n) is 11.5. The van der Waals surface area contributed by atoms with Crippen LogP contribution in [0.3, 0.4) is 0 Å². The first-order valence-corrected chi connectivity index (χ1v) is 24.5. The van der Waals surface area contributed by atoms with Gasteiger partial charge in [-0.3, -0.25) is 9.98 Å². The first-order chi connectivity index (χ1) is 27.1. The summed E-state index contributed by atoms with van der Waals surface area (Å²) < 4.78 is 0. The van der Waals surface area contributed by atoms with Crippen molar-refractivity contribution in [2.75, 3.05) is 0 Å². The molecule has 0 saturated heterocycles. The van der Waals surface area contributed by atoms with Crippen LogP contribution in [-0.4, -0.2) is 11.4 Å². The van der Waals surface area contributed by atoms with Crippen LogP contribution in [0.15, 0.2) is 46.4 Å². The molecule has 0 aliphatic carbocycles. The van der Waals surface area contributed by atoms with E-state index in [-0.39, 0.29) is 16.5 Å². The Labute approximate surface area is 359 Å². The van der Waals surface area contributed by atoms with Gasteiger partial charge in [-0.05, 0) is 124 Å². The first-order valence-electron chi connectivity index (χ1n) is 24.5. The summed E-state index contributed by atoms with van der Waals surface area (Å²) in [6, 6.07) is 14.6. The Bertz CT molecular complexity index is 1220. The van der Waals surface area contributed by atoms with Crippen LogP contribution in [0.2, 0.25) is 0 Å². The smallest absolute Gasteiger partial charge is 0.0639 e. The van der Waals surface area contributed by atoms with E-state index in [9.17, 15) is 0 Å². The van der Waals surface area contributed by atoms with E-state index in [1.54, 1.807) is 0 Å². The third kappa shape index (κ3) is 25.6. The van der Waals surface area contributed by atoms with E-state index in [0.29, 0.717) is 0 Å². The molecule has 56 heavy (non-hydrogen) atoms. The van der Waals surface area contributed by atoms with E-state index in [1.807, 2.05) is 0 Å². The van der Waals surface area contributed by atoms with Crippen LogP contribution >= 0.6 is 0 Å². The molecule has 0 unspecified atom stereocenters. The number of aliphatic imine (C=N–C) groups is 2. The number of benzene rings is 2. The summed E-state index contributed by atoms with van der Waals surface area (Å²) >= 11 is 0. The molecule has 0 aliphatic heterocycles. The molecule has 0 radical (unpaired) electrons. The molecule has 0 aliphatic rings. The number of nitrogens with zero attached hydrogens (tertiary/aromatic N) is 2. The molecule has 2 rings (SSSR count). The second-order valence-corrected chi connectivity index (χ2v) is 17.1. The maximum absolute atomic E-state index is 5.65. The Balaban J connectivity index is 0.0000157. The van der Waals surface area contributed by atoms with Crippen molar-refractivity contribution in [1.29, 1.82) is 0 Å². The van der Waals surface area contributed by atoms with Gasteiger partial charge in [0.1, 0.15) is 0 Å². The van der Waals surface area contributed by atoms with Crippen molar-refractivity contribution in [3.05, 3.63) is 58.7 Å². The molecule has 0 N–H and O–H groups in total. The van der Waals surface area contributed by atoms with E-state index >= 15 is 0 Å². The monoisotopic (exact) mass is 813 g/mol. The number of aryl methyl sites for hydroxylation is 4. The number of rotatable bonds is 36. The molecule has 322 valence electrons. The molecule has 0 fully saturated rings. The van der Waals surface area contributed by atoms with Crippen molar-refractivity contribution in [1.82, 2.24) is 0 Å². The SMILES string of the molecule is CCCCCCCCCCCCCCCC(=Nc1cc(CCCC)cc(CCCC)c1)C(CCCCCCCC)=Nc1cc(CCCC)cc(CCCC)c1.[Ni]. The van der Waals surface area contributed by atoms with Gasteiger partial charge in [0, 0.05) is 16.5 Å². The summed E-state index contributed by atoms with van der Waals surface area (Å²) in [6.07, 6.45) is 42.4. The van der Waals surface area contributed by atoms with E-state index in [2.05, 4.69) is 77.9 Å². The van der Waals surface area contributed by atoms with Gasteiger partial charge in [-0.25, -0.2) is 0 Å². The van der Waals surface area contributed by atoms with Gasteiger partial charge in [0.2, 0.25) is 0 Å². The molecule has 0 atom stereocenters. The molecule has 2 nitrogen and oxygen atoms in total. The second-order valence-electron chi connectivity index (χ2n) is 17.1. The Hall–Kier alpha value is -1.73. The predicted molar refractivity (Wildman–Crippen MR) is 250 cm³/mol. The van der Waals surface area contributed by atoms with Crippen molar-refractivity contribution in [2.24, 2.45) is 9.98 Å². The minimum Gasteiger partial charge on any atom is -0.252 e. The molecule has 0 amide bonds. The summed E-state index contributed by atoms with van der Waals surface area (Å²) in [5, 5.41) is 0. The van der Waals surface area contributed by atoms with Gasteiger partial charge in [-0.15, -0.1) is 0 Å². The number of unbranched alkanes of at least 4 members (excludes halogenated alkanes) is 21. The molecule has 0 heterocycles. The zero-order valence-electron chi connectivity index (χ0n) is 38.0. The van der Waals surface area contributed by atoms with Gasteiger partial charge < -0.3 is 0 Å². The average Bonchev–Trinajstić information content (AvgIpc) is 3.19. The molecule has 0 saturated carbocycles. The van der Waals surface area contributed by atoms with Crippen LogP contribution in [0.1, 0.15) is 250 Å². The van der Waals surface area contributed by atoms with Crippen LogP contribution < -0.4 is 0 Å². The van der Waals surface area contributed by atoms with Crippen molar-refractivity contribution >= 4 is 22.8 Å². The maximum atomic E-state index is 5.65. The van der Waals surface area contributed by atoms with Crippen molar-refractivity contribution < 1.29 is 16.5 Å². The Morgan fingerprint density at radius 3 is 0.786 bits per heavy atom. The Morgan fingerprint density at radius 1 is 0.304 bits per heavy atom. The fourth-order valence-electron chi connectivity index (χ4n) is 7.94. The van der Waals surface area contributed by atoms with E-state index < -0.39 is 0 Å². The zero-order chi connectivity index (χ0) is 39.6. The standard InChI is InChI=1S/C53H90N2.Ni/c1-7-13-19-21-23-24-25-26-27-28-29-31-33-39-53(55-51-44-48(36-17-11-5)41-49(45-51)37-18-12-6)52(38-32-30-22-20-14-8-2)54-50-42-46(34-15-9-3)40-47(43-50)35-16-10-4;/h40-45H,7-39H2,1-6H3;. The van der Waals surface area contributed by atoms with Gasteiger partial charge in [0.25, 0.3) is 0 Å². The van der Waals surface area contributed by atoms with Crippen LogP contribution in [0.4, 0.5) is 11.4 Å². The molecule has 2 aromatic rings. The molecular weight excluding hydrogens is 723 g/mol. The summed E-state index contributed by atoms with van der Waals surface area (Å²) in [5.41, 5.74) is 10.7. The maximum Gasteiger partial charge on any atom is 0.0639 e. The van der Waals surface area contributed by atoms with Gasteiger partial charge in [0.15, 0.2) is 0 Å². The zero-order valence-corrected chi connectivity index (χ0v) is 39.0. The van der Waals surface area contributed by atoms with Crippen LogP contribution in [0, 0.1) is 0 Å². The van der Waals surface area contributed by atoms with E-state index in [0.717, 1.165) is 38.5 Å². The average molecular weight is 814 g/mol. The molecule has 0 aromatic heterocycles. The largest absolute Gasteiger partial charge is 0.252 e. The molecule has 0 bridgehead atoms. The van der Waals surface area contributed by atoms with Gasteiger partial charge in [-0.1, -0.05) is 189 Å². The van der Waals surface area contributed by atoms with Gasteiger partial charge >= 0.3 is 0 Å². The van der Waals surface area contributed by atoms with Crippen molar-refractivity contribution in [2.45, 2.75) is 253 Å². The topological polar surface area (TPSA) is 24.7 Å². The van der Waals surface area contributed by atoms with E-state index in [4.69, 9.17) is 9.98 Å². The fraction of sp³-hybridized carbons (Fsp3) is 0.736. The first kappa shape index (κ1) is 52.3. The summed E-state index contributed by atoms with van der Waals surface area (Å²) in [5.74, 6) is 0. The fourth-order valence-corrected chi connectivity index (χ4v) is 7.94. The minimum atomic E-state index is 0. The van der Waals surface area contributed by atoms with Crippen LogP contribution in [0.5, 0.6) is 0 Å². The molecule has 3 heteroatoms. The van der Waals surface area contributed by atoms with Crippen LogP contribution in [-0.2, 0) is 42.2 Å². The Kier molecular flexibility index (Phi) is 34.0. The minimum absolute atomic E-state index is 0. The van der Waals surface area contributed by atoms with Gasteiger partial charge in [-0.2, -0.15) is 0 Å². The normalized spacial score (nSPS) is 12.0. The van der Waals surface area contributed by atoms with Crippen molar-refractivity contribution in [3.63, 3.8) is 0 Å². The summed E-state index contributed by atoms with van der Waals surface area (Å²) in [7, 11) is 0. The second kappa shape index (κ2) is 36.4. The third-order valence-corrected chi connectivity index (χ3v) is 11.5.